The summed E-state index contributed by atoms with van der Waals surface area (Å²) in [5.74, 6) is -5.10. The summed E-state index contributed by atoms with van der Waals surface area (Å²) >= 11 is 0. The van der Waals surface area contributed by atoms with E-state index in [0.717, 1.165) is 41.3 Å². The van der Waals surface area contributed by atoms with Gasteiger partial charge in [-0.25, -0.2) is 35.1 Å². The van der Waals surface area contributed by atoms with Crippen LogP contribution in [0.4, 0.5) is 22.0 Å². The quantitative estimate of drug-likeness (QED) is 0.608. The number of carbonyl (C=O) groups excluding carboxylic acids is 1. The molecule has 11 heteroatoms. The zero-order valence-corrected chi connectivity index (χ0v) is 18.3. The normalized spacial score (nSPS) is 26.7. The van der Waals surface area contributed by atoms with E-state index in [1.165, 1.54) is 6.92 Å². The van der Waals surface area contributed by atoms with E-state index in [-0.39, 0.29) is 36.4 Å². The maximum absolute atomic E-state index is 15.8. The molecule has 0 bridgehead atoms. The van der Waals surface area contributed by atoms with Crippen molar-refractivity contribution >= 4 is 15.9 Å². The first-order valence-electron chi connectivity index (χ1n) is 10.3. The molecular formula is C22H21F5N2O3S. The predicted octanol–water partition coefficient (Wildman–Crippen LogP) is 3.44. The fraction of sp³-hybridized carbons (Fsp3) is 0.409. The van der Waals surface area contributed by atoms with Gasteiger partial charge in [0.05, 0.1) is 29.8 Å². The van der Waals surface area contributed by atoms with Crippen molar-refractivity contribution in [3.63, 3.8) is 0 Å². The first-order chi connectivity index (χ1) is 15.5. The van der Waals surface area contributed by atoms with Crippen molar-refractivity contribution in [1.29, 1.82) is 0 Å². The molecule has 0 spiro atoms. The number of hydrogen-bond acceptors (Lipinski definition) is 3. The second-order valence-corrected chi connectivity index (χ2v) is 10.3. The van der Waals surface area contributed by atoms with Gasteiger partial charge >= 0.3 is 0 Å². The summed E-state index contributed by atoms with van der Waals surface area (Å²) in [6, 6.07) is 4.73. The highest BCUT2D eigenvalue weighted by Crippen LogP contribution is 2.59. The highest BCUT2D eigenvalue weighted by atomic mass is 32.2. The van der Waals surface area contributed by atoms with E-state index >= 15 is 4.39 Å². The summed E-state index contributed by atoms with van der Waals surface area (Å²) in [5, 5.41) is 0. The van der Waals surface area contributed by atoms with Gasteiger partial charge < -0.3 is 4.90 Å². The van der Waals surface area contributed by atoms with Gasteiger partial charge in [0.2, 0.25) is 15.9 Å². The van der Waals surface area contributed by atoms with Crippen LogP contribution in [-0.4, -0.2) is 50.3 Å². The average Bonchev–Trinajstić information content (AvgIpc) is 3.44. The van der Waals surface area contributed by atoms with Gasteiger partial charge in [0.1, 0.15) is 29.3 Å². The fourth-order valence-corrected chi connectivity index (χ4v) is 4.80. The van der Waals surface area contributed by atoms with Gasteiger partial charge in [-0.1, -0.05) is 12.1 Å². The lowest BCUT2D eigenvalue weighted by atomic mass is 9.92. The molecule has 1 aliphatic carbocycles. The number of halogens is 5. The van der Waals surface area contributed by atoms with E-state index in [9.17, 15) is 30.8 Å². The van der Waals surface area contributed by atoms with Crippen LogP contribution in [0.1, 0.15) is 18.9 Å². The van der Waals surface area contributed by atoms with Gasteiger partial charge in [0, 0.05) is 13.0 Å². The minimum atomic E-state index is -3.62. The van der Waals surface area contributed by atoms with E-state index in [1.54, 1.807) is 0 Å². The van der Waals surface area contributed by atoms with E-state index in [0.29, 0.717) is 0 Å². The zero-order chi connectivity index (χ0) is 24.1. The monoisotopic (exact) mass is 488 g/mol. The summed E-state index contributed by atoms with van der Waals surface area (Å²) in [6.45, 7) is 0.735. The Bertz CT molecular complexity index is 1190. The van der Waals surface area contributed by atoms with Crippen molar-refractivity contribution in [2.24, 2.45) is 5.92 Å². The van der Waals surface area contributed by atoms with E-state index < -0.39 is 62.7 Å². The summed E-state index contributed by atoms with van der Waals surface area (Å²) < 4.78 is 98.0. The molecule has 0 unspecified atom stereocenters. The molecule has 0 aromatic heterocycles. The van der Waals surface area contributed by atoms with Gasteiger partial charge in [-0.05, 0) is 42.3 Å². The lowest BCUT2D eigenvalue weighted by Crippen LogP contribution is -2.64. The van der Waals surface area contributed by atoms with Crippen LogP contribution in [-0.2, 0) is 20.5 Å². The number of alkyl halides is 2. The molecule has 4 atom stereocenters. The van der Waals surface area contributed by atoms with E-state index in [4.69, 9.17) is 0 Å². The molecule has 1 saturated carbocycles. The van der Waals surface area contributed by atoms with Crippen molar-refractivity contribution < 1.29 is 35.2 Å². The summed E-state index contributed by atoms with van der Waals surface area (Å²) in [5.41, 5.74) is -3.53. The molecule has 2 aromatic carbocycles. The average molecular weight is 488 g/mol. The highest BCUT2D eigenvalue weighted by molar-refractivity contribution is 7.89. The SMILES string of the molecule is CCS(=O)(=O)NC[C@@H]1[C@H](F)CN1C(=O)[C@@H]1C[C@@]1(F)c1ccc(F)cc1-c1c(F)cccc1F. The number of carbonyl (C=O) groups is 1. The van der Waals surface area contributed by atoms with Gasteiger partial charge in [-0.3, -0.25) is 4.79 Å². The Morgan fingerprint density at radius 2 is 1.85 bits per heavy atom. The topological polar surface area (TPSA) is 66.5 Å². The molecule has 1 aliphatic heterocycles. The van der Waals surface area contributed by atoms with Crippen LogP contribution in [0.5, 0.6) is 0 Å². The van der Waals surface area contributed by atoms with Crippen molar-refractivity contribution in [1.82, 2.24) is 9.62 Å². The van der Waals surface area contributed by atoms with Crippen LogP contribution >= 0.6 is 0 Å². The molecule has 33 heavy (non-hydrogen) atoms. The molecule has 5 nitrogen and oxygen atoms in total. The van der Waals surface area contributed by atoms with Crippen LogP contribution in [0.25, 0.3) is 11.1 Å². The molecule has 2 aromatic rings. The first-order valence-corrected chi connectivity index (χ1v) is 12.0. The highest BCUT2D eigenvalue weighted by Gasteiger charge is 2.64. The molecule has 1 amide bonds. The van der Waals surface area contributed by atoms with Crippen LogP contribution in [0.3, 0.4) is 0 Å². The van der Waals surface area contributed by atoms with Crippen molar-refractivity contribution in [2.75, 3.05) is 18.8 Å². The number of likely N-dealkylation sites (tertiary alicyclic amines) is 1. The molecule has 1 saturated heterocycles. The third kappa shape index (κ3) is 4.23. The van der Waals surface area contributed by atoms with Crippen LogP contribution in [0.15, 0.2) is 36.4 Å². The van der Waals surface area contributed by atoms with Gasteiger partial charge in [0.15, 0.2) is 0 Å². The number of rotatable bonds is 7. The Balaban J connectivity index is 1.59. The number of nitrogens with one attached hydrogen (secondary N) is 1. The van der Waals surface area contributed by atoms with Gasteiger partial charge in [-0.2, -0.15) is 0 Å². The van der Waals surface area contributed by atoms with Crippen molar-refractivity contribution in [2.45, 2.75) is 31.2 Å². The summed E-state index contributed by atoms with van der Waals surface area (Å²) in [6.07, 6.45) is -1.81. The Hall–Kier alpha value is -2.53. The van der Waals surface area contributed by atoms with Gasteiger partial charge in [0.25, 0.3) is 0 Å². The molecule has 178 valence electrons. The molecule has 1 N–H and O–H groups in total. The molecule has 2 fully saturated rings. The van der Waals surface area contributed by atoms with E-state index in [2.05, 4.69) is 4.72 Å². The van der Waals surface area contributed by atoms with E-state index in [1.807, 2.05) is 0 Å². The molecule has 4 rings (SSSR count). The van der Waals surface area contributed by atoms with Crippen LogP contribution in [0.2, 0.25) is 0 Å². The minimum absolute atomic E-state index is 0.221. The minimum Gasteiger partial charge on any atom is -0.332 e. The molecule has 0 radical (unpaired) electrons. The van der Waals surface area contributed by atoms with Gasteiger partial charge in [-0.15, -0.1) is 0 Å². The number of amides is 1. The second kappa shape index (κ2) is 8.35. The number of nitrogens with zero attached hydrogens (tertiary/aromatic N) is 1. The first kappa shape index (κ1) is 23.6. The molecule has 1 heterocycles. The Morgan fingerprint density at radius 1 is 1.18 bits per heavy atom. The van der Waals surface area contributed by atoms with Crippen LogP contribution < -0.4 is 4.72 Å². The molecule has 2 aliphatic rings. The smallest absolute Gasteiger partial charge is 0.229 e. The van der Waals surface area contributed by atoms with Crippen LogP contribution in [0, 0.1) is 23.4 Å². The third-order valence-electron chi connectivity index (χ3n) is 6.22. The second-order valence-electron chi connectivity index (χ2n) is 8.23. The Kier molecular flexibility index (Phi) is 5.98. The zero-order valence-electron chi connectivity index (χ0n) is 17.5. The standard InChI is InChI=1S/C22H21F5N2O3S/c1-2-33(31,32)28-10-19-18(26)11-29(19)21(30)15-9-22(15,27)14-7-6-12(23)8-13(14)20-16(24)4-3-5-17(20)25/h3-8,15,18-19,28H,2,9-11H2,1H3/t15-,18+,19+,22+/m0/s1. The Labute approximate surface area is 187 Å². The fourth-order valence-electron chi connectivity index (χ4n) is 4.17. The summed E-state index contributed by atoms with van der Waals surface area (Å²) in [4.78, 5) is 14.0. The number of sulfonamides is 1. The number of hydrogen-bond donors (Lipinski definition) is 1. The number of benzene rings is 2. The Morgan fingerprint density at radius 3 is 2.45 bits per heavy atom. The van der Waals surface area contributed by atoms with Crippen molar-refractivity contribution in [3.05, 3.63) is 59.4 Å². The maximum atomic E-state index is 15.8. The predicted molar refractivity (Wildman–Crippen MR) is 111 cm³/mol. The lowest BCUT2D eigenvalue weighted by Gasteiger charge is -2.44. The lowest BCUT2D eigenvalue weighted by molar-refractivity contribution is -0.147. The largest absolute Gasteiger partial charge is 0.332 e. The maximum Gasteiger partial charge on any atom is 0.229 e. The molecular weight excluding hydrogens is 467 g/mol. The third-order valence-corrected chi connectivity index (χ3v) is 7.58. The van der Waals surface area contributed by atoms with Crippen molar-refractivity contribution in [3.8, 4) is 11.1 Å². The summed E-state index contributed by atoms with van der Waals surface area (Å²) in [7, 11) is -3.62.